The van der Waals surface area contributed by atoms with Crippen LogP contribution in [0.1, 0.15) is 56.8 Å². The number of carbonyl (C=O) groups is 4. The van der Waals surface area contributed by atoms with E-state index >= 15 is 0 Å². The third kappa shape index (κ3) is 22.7. The van der Waals surface area contributed by atoms with Crippen molar-refractivity contribution in [2.24, 2.45) is 0 Å². The van der Waals surface area contributed by atoms with E-state index < -0.39 is 192 Å². The Morgan fingerprint density at radius 1 is 0.620 bits per heavy atom. The van der Waals surface area contributed by atoms with E-state index in [-0.39, 0.29) is 24.0 Å². The third-order valence-corrected chi connectivity index (χ3v) is 11.6. The van der Waals surface area contributed by atoms with Crippen LogP contribution in [0, 0.1) is 0 Å². The summed E-state index contributed by atoms with van der Waals surface area (Å²) in [6.45, 7) is 1.15. The molecule has 0 amide bonds. The Morgan fingerprint density at radius 2 is 1.10 bits per heavy atom. The largest absolute Gasteiger partial charge is 0.507 e. The first-order chi connectivity index (χ1) is 36.9. The molecule has 462 valence electrons. The summed E-state index contributed by atoms with van der Waals surface area (Å²) in [6.07, 6.45) is -31.8. The van der Waals surface area contributed by atoms with Gasteiger partial charge in [-0.15, -0.1) is 0 Å². The lowest BCUT2D eigenvalue weighted by molar-refractivity contribution is -0.383. The van der Waals surface area contributed by atoms with E-state index in [0.29, 0.717) is 6.42 Å². The normalized spacial score (nSPS) is 35.4. The lowest BCUT2D eigenvalue weighted by atomic mass is 9.97. The molecule has 0 radical (unpaired) electrons. The average molecular weight is 1160 g/mol. The maximum atomic E-state index is 10.3. The van der Waals surface area contributed by atoms with E-state index in [9.17, 15) is 85.6 Å². The number of carboxylic acid groups (broad SMARTS) is 3. The van der Waals surface area contributed by atoms with Gasteiger partial charge in [-0.1, -0.05) is 32.4 Å². The third-order valence-electron chi connectivity index (χ3n) is 11.6. The van der Waals surface area contributed by atoms with Crippen LogP contribution in [0.5, 0.6) is 5.75 Å². The van der Waals surface area contributed by atoms with Gasteiger partial charge in [0.25, 0.3) is 0 Å². The Labute approximate surface area is 449 Å². The van der Waals surface area contributed by atoms with Crippen molar-refractivity contribution in [1.82, 2.24) is 0 Å². The zero-order chi connectivity index (χ0) is 61.2. The maximum Gasteiger partial charge on any atom is 0.339 e. The summed E-state index contributed by atoms with van der Waals surface area (Å²) in [7, 11) is 0. The first kappa shape index (κ1) is 75.1. The van der Waals surface area contributed by atoms with Gasteiger partial charge in [0.1, 0.15) is 128 Å². The smallest absolute Gasteiger partial charge is 0.339 e. The molecular formula is C45H78O34. The highest BCUT2D eigenvalue weighted by molar-refractivity contribution is 5.90. The van der Waals surface area contributed by atoms with Gasteiger partial charge in [-0.05, 0) is 25.5 Å². The lowest BCUT2D eigenvalue weighted by Crippen LogP contribution is -2.64. The van der Waals surface area contributed by atoms with Crippen LogP contribution < -0.4 is 0 Å². The Bertz CT molecular complexity index is 1860. The van der Waals surface area contributed by atoms with Gasteiger partial charge in [0, 0.05) is 12.8 Å². The fourth-order valence-corrected chi connectivity index (χ4v) is 6.75. The molecule has 1 aromatic carbocycles. The second kappa shape index (κ2) is 37.2. The van der Waals surface area contributed by atoms with Gasteiger partial charge in [0.2, 0.25) is 5.79 Å². The fraction of sp³-hybridized carbons (Fsp3) is 0.778. The first-order valence-corrected chi connectivity index (χ1v) is 24.0. The quantitative estimate of drug-likeness (QED) is 0.0607. The lowest BCUT2D eigenvalue weighted by Gasteiger charge is -2.45. The molecule has 4 heterocycles. The molecule has 0 spiro atoms. The zero-order valence-corrected chi connectivity index (χ0v) is 42.8. The first-order valence-electron chi connectivity index (χ1n) is 24.0. The molecule has 0 saturated carbocycles. The van der Waals surface area contributed by atoms with Crippen molar-refractivity contribution in [2.75, 3.05) is 33.0 Å². The number of aliphatic hydroxyl groups is 20. The number of para-hydroxylation sites is 1. The monoisotopic (exact) mass is 1160 g/mol. The number of aldehydes is 1. The van der Waals surface area contributed by atoms with Crippen molar-refractivity contribution in [3.63, 3.8) is 0 Å². The van der Waals surface area contributed by atoms with Gasteiger partial charge in [0.05, 0.1) is 32.5 Å². The highest BCUT2D eigenvalue weighted by atomic mass is 16.8. The Morgan fingerprint density at radius 3 is 1.47 bits per heavy atom. The average Bonchev–Trinajstić information content (AvgIpc) is 3.67. The number of aromatic carboxylic acids is 1. The van der Waals surface area contributed by atoms with E-state index in [1.807, 2.05) is 6.92 Å². The summed E-state index contributed by atoms with van der Waals surface area (Å²) in [4.78, 5) is 39.3. The number of hydrogen-bond acceptors (Lipinski definition) is 31. The molecule has 34 nitrogen and oxygen atoms in total. The van der Waals surface area contributed by atoms with Crippen molar-refractivity contribution in [2.45, 2.75) is 187 Å². The highest BCUT2D eigenvalue weighted by Crippen LogP contribution is 2.36. The number of benzene rings is 1. The molecule has 0 aromatic heterocycles. The molecule has 34 heteroatoms. The van der Waals surface area contributed by atoms with Gasteiger partial charge >= 0.3 is 17.9 Å². The Kier molecular flexibility index (Phi) is 35.4. The number of carboxylic acids is 3. The summed E-state index contributed by atoms with van der Waals surface area (Å²) in [5.41, 5.74) is -0.0671. The van der Waals surface area contributed by atoms with Crippen LogP contribution in [0.3, 0.4) is 0 Å². The molecule has 79 heavy (non-hydrogen) atoms. The summed E-state index contributed by atoms with van der Waals surface area (Å²) in [6, 6.07) is 5.81. The number of aromatic hydroxyl groups is 1. The predicted octanol–water partition coefficient (Wildman–Crippen LogP) is -10.3. The predicted molar refractivity (Wildman–Crippen MR) is 253 cm³/mol. The van der Waals surface area contributed by atoms with Crippen LogP contribution in [0.2, 0.25) is 0 Å². The molecule has 0 unspecified atom stereocenters. The number of rotatable bonds is 18. The molecule has 0 bridgehead atoms. The van der Waals surface area contributed by atoms with Crippen molar-refractivity contribution >= 4 is 24.2 Å². The minimum absolute atomic E-state index is 0.0671. The van der Waals surface area contributed by atoms with Crippen LogP contribution in [0.15, 0.2) is 24.3 Å². The molecule has 4 aliphatic heterocycles. The van der Waals surface area contributed by atoms with E-state index in [4.69, 9.17) is 84.6 Å². The van der Waals surface area contributed by atoms with Crippen LogP contribution in [0.25, 0.3) is 0 Å². The number of carbonyl (C=O) groups excluding carboxylic acids is 1. The van der Waals surface area contributed by atoms with Gasteiger partial charge in [0.15, 0.2) is 25.2 Å². The molecular weight excluding hydrogens is 1080 g/mol. The van der Waals surface area contributed by atoms with Crippen LogP contribution >= 0.6 is 0 Å². The minimum atomic E-state index is -2.22. The maximum absolute atomic E-state index is 10.3. The second-order valence-electron chi connectivity index (χ2n) is 17.5. The van der Waals surface area contributed by atoms with Crippen molar-refractivity contribution in [3.05, 3.63) is 29.8 Å². The number of unbranched alkanes of at least 4 members (excludes halogenated alkanes) is 1. The topological polar surface area (TPSA) is 609 Å². The molecule has 0 aliphatic carbocycles. The van der Waals surface area contributed by atoms with Crippen LogP contribution in [0.4, 0.5) is 0 Å². The van der Waals surface area contributed by atoms with Crippen molar-refractivity contribution in [1.29, 1.82) is 0 Å². The summed E-state index contributed by atoms with van der Waals surface area (Å²) in [5.74, 6) is -4.97. The minimum Gasteiger partial charge on any atom is -0.507 e. The SMILES string of the molecule is CCC(=O)O.CCCCC(=O)O.C[C@H](O)[C@H](O)[C@@H](O)[C@@H](O)C=O.O=C(O)c1ccccc1O.OC[C@H]1O[C@@H](O[C@H]2[C@H](O)[C@@H](O)[C@H](O)O[C@@H]2CO)[C@H](O)[C@@H](O)[C@H]1O.OC[C@H]1O[C@@](CO)(O[C@H]2O[C@H](CO)[C@@H](O)[C@H](O)[C@H]2O)[C@@H](O)[C@@H]1O. The zero-order valence-electron chi connectivity index (χ0n) is 42.8. The molecule has 1 aromatic rings. The number of ether oxygens (including phenoxy) is 6. The van der Waals surface area contributed by atoms with E-state index in [1.165, 1.54) is 19.1 Å². The number of aliphatic hydroxyl groups excluding tert-OH is 20. The summed E-state index contributed by atoms with van der Waals surface area (Å²) >= 11 is 0. The molecule has 23 atom stereocenters. The highest BCUT2D eigenvalue weighted by Gasteiger charge is 2.58. The van der Waals surface area contributed by atoms with Crippen molar-refractivity contribution < 1.29 is 170 Å². The number of phenols is 1. The molecule has 24 N–H and O–H groups in total. The molecule has 4 saturated heterocycles. The van der Waals surface area contributed by atoms with Crippen molar-refractivity contribution in [3.8, 4) is 5.75 Å². The molecule has 4 fully saturated rings. The molecule has 5 rings (SSSR count). The standard InChI is InChI=1S/2C12H22O11.C7H6O3.C6H12O5.C5H10O2.C3H6O2/c13-1-4-6(16)8(18)9(19)11(21-4)23-12(3-15)10(20)7(17)5(2-14)22-12;13-1-3-5(15)6(16)9(19)12(22-3)23-10-4(2-14)21-11(20)8(18)7(10)17;8-6-4-2-1-3-5(6)7(9)10;1-3(8)5(10)6(11)4(9)2-7;1-2-3-4-5(6)7;1-2-3(4)5/h4-11,13-20H,1-3H2;3-20H,1-2H2;1-4,8H,(H,9,10);2-6,8-11H,1H3;2-4H2,1H3,(H,6,7);2H2,1H3,(H,4,5)/t4-,5-,6-,7-,8+,9-,10+,11-,12+;3-,4-,5+,6+,7-,8-,9-,10-,11-,12+;;3-,4-,5-,6-;;/m11.0../s1. The van der Waals surface area contributed by atoms with Crippen LogP contribution in [-0.2, 0) is 42.8 Å². The Balaban J connectivity index is 0.00000100. The van der Waals surface area contributed by atoms with Crippen LogP contribution in [-0.4, -0.2) is 320 Å². The van der Waals surface area contributed by atoms with E-state index in [1.54, 1.807) is 19.1 Å². The summed E-state index contributed by atoms with van der Waals surface area (Å²) in [5, 5.41) is 221. The number of aliphatic carboxylic acids is 2. The van der Waals surface area contributed by atoms with Gasteiger partial charge < -0.3 is 156 Å². The summed E-state index contributed by atoms with van der Waals surface area (Å²) < 4.78 is 30.7. The number of hydrogen-bond donors (Lipinski definition) is 24. The van der Waals surface area contributed by atoms with E-state index in [0.717, 1.165) is 12.8 Å². The van der Waals surface area contributed by atoms with Gasteiger partial charge in [-0.2, -0.15) is 0 Å². The Hall–Kier alpha value is -3.94. The van der Waals surface area contributed by atoms with Gasteiger partial charge in [-0.3, -0.25) is 9.59 Å². The second-order valence-corrected chi connectivity index (χ2v) is 17.5. The fourth-order valence-electron chi connectivity index (χ4n) is 6.75. The van der Waals surface area contributed by atoms with E-state index in [2.05, 4.69) is 0 Å². The van der Waals surface area contributed by atoms with Gasteiger partial charge in [-0.25, -0.2) is 4.79 Å². The molecule has 4 aliphatic rings.